The molecule has 0 saturated carbocycles. The molecule has 0 aromatic heterocycles. The van der Waals surface area contributed by atoms with E-state index in [0.29, 0.717) is 6.42 Å². The van der Waals surface area contributed by atoms with Crippen LogP contribution in [0, 0.1) is 0 Å². The van der Waals surface area contributed by atoms with Gasteiger partial charge in [0, 0.05) is 11.8 Å². The number of carbonyl (C=O) groups is 1. The van der Waals surface area contributed by atoms with E-state index in [1.54, 1.807) is 0 Å². The van der Waals surface area contributed by atoms with E-state index in [1.165, 1.54) is 56.1 Å². The number of benzene rings is 1. The normalized spacial score (nSPS) is 10.7. The molecule has 0 amide bonds. The van der Waals surface area contributed by atoms with Crippen LogP contribution in [-0.2, 0) is 16.5 Å². The first-order valence-corrected chi connectivity index (χ1v) is 9.20. The van der Waals surface area contributed by atoms with E-state index in [1.807, 2.05) is 0 Å². The highest BCUT2D eigenvalue weighted by Gasteiger charge is 1.97. The van der Waals surface area contributed by atoms with Crippen LogP contribution in [0.2, 0.25) is 0 Å². The molecule has 0 aliphatic carbocycles. The summed E-state index contributed by atoms with van der Waals surface area (Å²) in [6, 6.07) is 8.86. The molecule has 0 fully saturated rings. The maximum Gasteiger partial charge on any atom is 0.303 e. The SMILES string of the molecule is O=C(O)CCCCCCCCCCc1ccc(CBr)cc1. The van der Waals surface area contributed by atoms with Crippen molar-refractivity contribution in [2.24, 2.45) is 0 Å². The van der Waals surface area contributed by atoms with Gasteiger partial charge in [0.05, 0.1) is 0 Å². The van der Waals surface area contributed by atoms with Crippen LogP contribution in [0.25, 0.3) is 0 Å². The molecule has 0 aliphatic heterocycles. The van der Waals surface area contributed by atoms with Gasteiger partial charge in [-0.1, -0.05) is 78.7 Å². The molecule has 118 valence electrons. The van der Waals surface area contributed by atoms with Crippen LogP contribution in [0.15, 0.2) is 24.3 Å². The molecule has 2 nitrogen and oxygen atoms in total. The minimum Gasteiger partial charge on any atom is -0.481 e. The molecule has 0 heterocycles. The molecule has 0 aliphatic rings. The van der Waals surface area contributed by atoms with Crippen molar-refractivity contribution in [1.29, 1.82) is 0 Å². The summed E-state index contributed by atoms with van der Waals surface area (Å²) >= 11 is 3.46. The Hall–Kier alpha value is -0.830. The second-order valence-corrected chi connectivity index (χ2v) is 6.23. The molecule has 1 aromatic carbocycles. The van der Waals surface area contributed by atoms with Crippen molar-refractivity contribution in [3.63, 3.8) is 0 Å². The van der Waals surface area contributed by atoms with Gasteiger partial charge >= 0.3 is 5.97 Å². The number of carboxylic acids is 1. The van der Waals surface area contributed by atoms with E-state index < -0.39 is 5.97 Å². The van der Waals surface area contributed by atoms with Gasteiger partial charge in [0.15, 0.2) is 0 Å². The van der Waals surface area contributed by atoms with E-state index in [4.69, 9.17) is 5.11 Å². The summed E-state index contributed by atoms with van der Waals surface area (Å²) in [5, 5.41) is 9.46. The van der Waals surface area contributed by atoms with Gasteiger partial charge in [-0.25, -0.2) is 0 Å². The first-order valence-electron chi connectivity index (χ1n) is 8.08. The van der Waals surface area contributed by atoms with E-state index in [0.717, 1.165) is 18.2 Å². The lowest BCUT2D eigenvalue weighted by Crippen LogP contribution is -1.93. The Morgan fingerprint density at radius 1 is 0.810 bits per heavy atom. The fourth-order valence-electron chi connectivity index (χ4n) is 2.46. The van der Waals surface area contributed by atoms with Crippen LogP contribution in [0.4, 0.5) is 0 Å². The zero-order valence-corrected chi connectivity index (χ0v) is 14.4. The van der Waals surface area contributed by atoms with Gasteiger partial charge < -0.3 is 5.11 Å². The van der Waals surface area contributed by atoms with Gasteiger partial charge in [0.25, 0.3) is 0 Å². The predicted octanol–water partition coefficient (Wildman–Crippen LogP) is 5.72. The molecule has 0 unspecified atom stereocenters. The number of rotatable bonds is 12. The van der Waals surface area contributed by atoms with Crippen LogP contribution >= 0.6 is 15.9 Å². The molecule has 21 heavy (non-hydrogen) atoms. The number of alkyl halides is 1. The molecule has 0 spiro atoms. The van der Waals surface area contributed by atoms with Crippen molar-refractivity contribution in [3.8, 4) is 0 Å². The first kappa shape index (κ1) is 18.2. The minimum atomic E-state index is -0.667. The highest BCUT2D eigenvalue weighted by molar-refractivity contribution is 9.08. The molecular formula is C18H27BrO2. The third-order valence-corrected chi connectivity index (χ3v) is 4.43. The van der Waals surface area contributed by atoms with Gasteiger partial charge in [-0.2, -0.15) is 0 Å². The molecule has 0 bridgehead atoms. The van der Waals surface area contributed by atoms with E-state index in [9.17, 15) is 4.79 Å². The predicted molar refractivity (Wildman–Crippen MR) is 92.0 cm³/mol. The van der Waals surface area contributed by atoms with Gasteiger partial charge in [0.1, 0.15) is 0 Å². The average molecular weight is 355 g/mol. The van der Waals surface area contributed by atoms with Gasteiger partial charge in [0.2, 0.25) is 0 Å². The molecular weight excluding hydrogens is 328 g/mol. The van der Waals surface area contributed by atoms with Crippen LogP contribution in [0.3, 0.4) is 0 Å². The number of halogens is 1. The topological polar surface area (TPSA) is 37.3 Å². The van der Waals surface area contributed by atoms with Crippen molar-refractivity contribution >= 4 is 21.9 Å². The first-order chi connectivity index (χ1) is 10.2. The molecule has 1 N–H and O–H groups in total. The number of aryl methyl sites for hydroxylation is 1. The lowest BCUT2D eigenvalue weighted by atomic mass is 10.0. The lowest BCUT2D eigenvalue weighted by Gasteiger charge is -2.04. The zero-order valence-electron chi connectivity index (χ0n) is 12.8. The largest absolute Gasteiger partial charge is 0.481 e. The van der Waals surface area contributed by atoms with Crippen molar-refractivity contribution in [2.75, 3.05) is 0 Å². The number of aliphatic carboxylic acids is 1. The summed E-state index contributed by atoms with van der Waals surface area (Å²) in [6.07, 6.45) is 11.0. The Labute approximate surface area is 137 Å². The number of hydrogen-bond donors (Lipinski definition) is 1. The fraction of sp³-hybridized carbons (Fsp3) is 0.611. The summed E-state index contributed by atoms with van der Waals surface area (Å²) in [5.74, 6) is -0.667. The smallest absolute Gasteiger partial charge is 0.303 e. The van der Waals surface area contributed by atoms with Crippen molar-refractivity contribution < 1.29 is 9.90 Å². The number of carboxylic acid groups (broad SMARTS) is 1. The standard InChI is InChI=1S/C18H27BrO2/c19-15-17-13-11-16(12-14-17)9-7-5-3-1-2-4-6-8-10-18(20)21/h11-14H,1-10,15H2,(H,20,21). The third kappa shape index (κ3) is 9.67. The van der Waals surface area contributed by atoms with Crippen molar-refractivity contribution in [3.05, 3.63) is 35.4 Å². The highest BCUT2D eigenvalue weighted by Crippen LogP contribution is 2.13. The summed E-state index contributed by atoms with van der Waals surface area (Å²) < 4.78 is 0. The summed E-state index contributed by atoms with van der Waals surface area (Å²) in [6.45, 7) is 0. The van der Waals surface area contributed by atoms with Crippen molar-refractivity contribution in [1.82, 2.24) is 0 Å². The van der Waals surface area contributed by atoms with Crippen LogP contribution < -0.4 is 0 Å². The number of hydrogen-bond acceptors (Lipinski definition) is 1. The van der Waals surface area contributed by atoms with Crippen LogP contribution in [0.5, 0.6) is 0 Å². The highest BCUT2D eigenvalue weighted by atomic mass is 79.9. The molecule has 0 atom stereocenters. The Kier molecular flexibility index (Phi) is 10.2. The van der Waals surface area contributed by atoms with Crippen LogP contribution in [0.1, 0.15) is 68.9 Å². The van der Waals surface area contributed by atoms with Gasteiger partial charge in [-0.3, -0.25) is 4.79 Å². The van der Waals surface area contributed by atoms with Gasteiger partial charge in [-0.15, -0.1) is 0 Å². The maximum absolute atomic E-state index is 10.4. The molecule has 1 rings (SSSR count). The summed E-state index contributed by atoms with van der Waals surface area (Å²) in [5.41, 5.74) is 2.77. The molecule has 0 saturated heterocycles. The van der Waals surface area contributed by atoms with Gasteiger partial charge in [-0.05, 0) is 30.4 Å². The van der Waals surface area contributed by atoms with E-state index in [2.05, 4.69) is 40.2 Å². The molecule has 0 radical (unpaired) electrons. The molecule has 1 aromatic rings. The maximum atomic E-state index is 10.4. The van der Waals surface area contributed by atoms with E-state index in [-0.39, 0.29) is 0 Å². The Bertz CT molecular complexity index is 387. The third-order valence-electron chi connectivity index (χ3n) is 3.78. The van der Waals surface area contributed by atoms with Crippen LogP contribution in [-0.4, -0.2) is 11.1 Å². The average Bonchev–Trinajstić information content (AvgIpc) is 2.49. The second-order valence-electron chi connectivity index (χ2n) is 5.67. The Morgan fingerprint density at radius 3 is 1.81 bits per heavy atom. The second kappa shape index (κ2) is 11.8. The Balaban J connectivity index is 1.91. The number of unbranched alkanes of at least 4 members (excludes halogenated alkanes) is 7. The van der Waals surface area contributed by atoms with E-state index >= 15 is 0 Å². The minimum absolute atomic E-state index is 0.327. The van der Waals surface area contributed by atoms with Crippen molar-refractivity contribution in [2.45, 2.75) is 69.5 Å². The Morgan fingerprint density at radius 2 is 1.29 bits per heavy atom. The monoisotopic (exact) mass is 354 g/mol. The fourth-order valence-corrected chi connectivity index (χ4v) is 2.83. The summed E-state index contributed by atoms with van der Waals surface area (Å²) in [4.78, 5) is 10.4. The summed E-state index contributed by atoms with van der Waals surface area (Å²) in [7, 11) is 0. The zero-order chi connectivity index (χ0) is 15.3. The lowest BCUT2D eigenvalue weighted by molar-refractivity contribution is -0.137. The molecule has 3 heteroatoms. The quantitative estimate of drug-likeness (QED) is 0.385.